The minimum atomic E-state index is -4.46. The van der Waals surface area contributed by atoms with Crippen LogP contribution in [-0.4, -0.2) is 39.5 Å². The van der Waals surface area contributed by atoms with Crippen LogP contribution in [0.15, 0.2) is 6.20 Å². The van der Waals surface area contributed by atoms with Crippen molar-refractivity contribution in [2.75, 3.05) is 11.9 Å². The number of carbonyl (C=O) groups excluding carboxylic acids is 2. The Balaban J connectivity index is 1.79. The van der Waals surface area contributed by atoms with Crippen LogP contribution in [-0.2, 0) is 16.1 Å². The number of rotatable bonds is 5. The quantitative estimate of drug-likeness (QED) is 0.817. The molecule has 2 N–H and O–H groups in total. The van der Waals surface area contributed by atoms with Crippen molar-refractivity contribution in [3.8, 4) is 0 Å². The van der Waals surface area contributed by atoms with Crippen LogP contribution in [0.4, 0.5) is 19.0 Å². The van der Waals surface area contributed by atoms with Crippen molar-refractivity contribution in [2.24, 2.45) is 5.92 Å². The molecule has 0 saturated heterocycles. The van der Waals surface area contributed by atoms with Gasteiger partial charge in [0.25, 0.3) is 0 Å². The van der Waals surface area contributed by atoms with E-state index in [1.165, 1.54) is 6.20 Å². The smallest absolute Gasteiger partial charge is 0.345 e. The summed E-state index contributed by atoms with van der Waals surface area (Å²) in [5.41, 5.74) is 0. The number of hydrogen-bond acceptors (Lipinski definition) is 4. The van der Waals surface area contributed by atoms with Gasteiger partial charge in [-0.2, -0.15) is 13.2 Å². The van der Waals surface area contributed by atoms with E-state index in [1.54, 1.807) is 5.32 Å². The molecule has 1 aromatic rings. The fraction of sp³-hybridized carbons (Fsp3) is 0.600. The number of amides is 2. The highest BCUT2D eigenvalue weighted by molar-refractivity contribution is 5.93. The molecule has 0 aliphatic heterocycles. The Labute approximate surface area is 111 Å². The number of hydrogen-bond donors (Lipinski definition) is 2. The van der Waals surface area contributed by atoms with Crippen molar-refractivity contribution in [2.45, 2.75) is 25.6 Å². The van der Waals surface area contributed by atoms with Crippen molar-refractivity contribution in [3.05, 3.63) is 6.20 Å². The SMILES string of the molecule is O=C(Cn1cc(NC(=O)C2CC2)nn1)NCC(F)(F)F. The van der Waals surface area contributed by atoms with Crippen LogP contribution in [0.5, 0.6) is 0 Å². The van der Waals surface area contributed by atoms with Crippen LogP contribution < -0.4 is 10.6 Å². The first-order chi connectivity index (χ1) is 9.33. The fourth-order valence-corrected chi connectivity index (χ4v) is 1.41. The topological polar surface area (TPSA) is 88.9 Å². The summed E-state index contributed by atoms with van der Waals surface area (Å²) < 4.78 is 36.7. The number of nitrogens with one attached hydrogen (secondary N) is 2. The maximum absolute atomic E-state index is 11.9. The third-order valence-electron chi connectivity index (χ3n) is 2.53. The van der Waals surface area contributed by atoms with Crippen molar-refractivity contribution in [1.82, 2.24) is 20.3 Å². The minimum Gasteiger partial charge on any atom is -0.345 e. The molecule has 10 heteroatoms. The highest BCUT2D eigenvalue weighted by atomic mass is 19.4. The van der Waals surface area contributed by atoms with Crippen molar-refractivity contribution in [1.29, 1.82) is 0 Å². The Morgan fingerprint density at radius 3 is 2.70 bits per heavy atom. The highest BCUT2D eigenvalue weighted by Gasteiger charge is 2.30. The van der Waals surface area contributed by atoms with Gasteiger partial charge in [-0.1, -0.05) is 5.21 Å². The molecule has 0 aromatic carbocycles. The molecule has 110 valence electrons. The van der Waals surface area contributed by atoms with Gasteiger partial charge >= 0.3 is 6.18 Å². The van der Waals surface area contributed by atoms with Crippen molar-refractivity contribution >= 4 is 17.6 Å². The number of anilines is 1. The molecule has 1 heterocycles. The van der Waals surface area contributed by atoms with Gasteiger partial charge in [0, 0.05) is 5.92 Å². The Morgan fingerprint density at radius 2 is 2.10 bits per heavy atom. The fourth-order valence-electron chi connectivity index (χ4n) is 1.41. The molecular formula is C10H12F3N5O2. The first-order valence-electron chi connectivity index (χ1n) is 5.88. The molecule has 0 atom stereocenters. The first-order valence-corrected chi connectivity index (χ1v) is 5.88. The van der Waals surface area contributed by atoms with E-state index in [0.29, 0.717) is 0 Å². The van der Waals surface area contributed by atoms with E-state index in [-0.39, 0.29) is 17.6 Å². The molecule has 2 rings (SSSR count). The first kappa shape index (κ1) is 14.3. The largest absolute Gasteiger partial charge is 0.405 e. The lowest BCUT2D eigenvalue weighted by Crippen LogP contribution is -2.35. The number of alkyl halides is 3. The van der Waals surface area contributed by atoms with Gasteiger partial charge in [-0.3, -0.25) is 9.59 Å². The Bertz CT molecular complexity index is 509. The molecule has 0 unspecified atom stereocenters. The predicted octanol–water partition coefficient (Wildman–Crippen LogP) is 0.305. The van der Waals surface area contributed by atoms with Gasteiger partial charge in [0.05, 0.1) is 6.20 Å². The zero-order valence-corrected chi connectivity index (χ0v) is 10.3. The monoisotopic (exact) mass is 291 g/mol. The summed E-state index contributed by atoms with van der Waals surface area (Å²) in [5, 5.41) is 11.4. The van der Waals surface area contributed by atoms with Gasteiger partial charge in [-0.15, -0.1) is 5.10 Å². The second kappa shape index (κ2) is 5.47. The average molecular weight is 291 g/mol. The number of halogens is 3. The van der Waals surface area contributed by atoms with Gasteiger partial charge in [-0.25, -0.2) is 4.68 Å². The number of aromatic nitrogens is 3. The molecule has 2 amide bonds. The maximum Gasteiger partial charge on any atom is 0.405 e. The molecule has 7 nitrogen and oxygen atoms in total. The van der Waals surface area contributed by atoms with Crippen LogP contribution in [0, 0.1) is 5.92 Å². The standard InChI is InChI=1S/C10H12F3N5O2/c11-10(12,13)5-14-8(19)4-18-3-7(16-17-18)15-9(20)6-1-2-6/h3,6H,1-2,4-5H2,(H,14,19)(H,15,20). The summed E-state index contributed by atoms with van der Waals surface area (Å²) in [6.45, 7) is -1.80. The molecule has 1 saturated carbocycles. The molecule has 20 heavy (non-hydrogen) atoms. The van der Waals surface area contributed by atoms with E-state index in [9.17, 15) is 22.8 Å². The van der Waals surface area contributed by atoms with Crippen molar-refractivity contribution < 1.29 is 22.8 Å². The summed E-state index contributed by atoms with van der Waals surface area (Å²) in [6, 6.07) is 0. The summed E-state index contributed by atoms with van der Waals surface area (Å²) in [5.74, 6) is -0.841. The predicted molar refractivity (Wildman–Crippen MR) is 60.4 cm³/mol. The average Bonchev–Trinajstić information content (AvgIpc) is 3.10. The third-order valence-corrected chi connectivity index (χ3v) is 2.53. The molecule has 0 radical (unpaired) electrons. The van der Waals surface area contributed by atoms with Gasteiger partial charge in [0.1, 0.15) is 13.1 Å². The van der Waals surface area contributed by atoms with Gasteiger partial charge in [0.15, 0.2) is 5.82 Å². The minimum absolute atomic E-state index is 0.00441. The van der Waals surface area contributed by atoms with E-state index >= 15 is 0 Å². The van der Waals surface area contributed by atoms with Crippen LogP contribution in [0.1, 0.15) is 12.8 Å². The lowest BCUT2D eigenvalue weighted by atomic mass is 10.4. The summed E-state index contributed by atoms with van der Waals surface area (Å²) in [7, 11) is 0. The zero-order chi connectivity index (χ0) is 14.8. The summed E-state index contributed by atoms with van der Waals surface area (Å²) >= 11 is 0. The van der Waals surface area contributed by atoms with Crippen LogP contribution in [0.25, 0.3) is 0 Å². The van der Waals surface area contributed by atoms with E-state index < -0.39 is 25.2 Å². The van der Waals surface area contributed by atoms with E-state index in [0.717, 1.165) is 17.5 Å². The normalized spacial score (nSPS) is 14.9. The molecule has 1 aliphatic carbocycles. The van der Waals surface area contributed by atoms with E-state index in [1.807, 2.05) is 0 Å². The lowest BCUT2D eigenvalue weighted by Gasteiger charge is -2.07. The summed E-state index contributed by atoms with van der Waals surface area (Å²) in [4.78, 5) is 22.6. The Hall–Kier alpha value is -2.13. The maximum atomic E-state index is 11.9. The molecule has 0 spiro atoms. The Morgan fingerprint density at radius 1 is 1.40 bits per heavy atom. The number of carbonyl (C=O) groups is 2. The highest BCUT2D eigenvalue weighted by Crippen LogP contribution is 2.29. The molecule has 0 bridgehead atoms. The Kier molecular flexibility index (Phi) is 3.91. The van der Waals surface area contributed by atoms with Gasteiger partial charge in [-0.05, 0) is 12.8 Å². The molecule has 1 aromatic heterocycles. The number of nitrogens with zero attached hydrogens (tertiary/aromatic N) is 3. The second-order valence-corrected chi connectivity index (χ2v) is 4.46. The molecular weight excluding hydrogens is 279 g/mol. The van der Waals surface area contributed by atoms with Crippen LogP contribution in [0.2, 0.25) is 0 Å². The van der Waals surface area contributed by atoms with Gasteiger partial charge < -0.3 is 10.6 Å². The molecule has 1 aliphatic rings. The lowest BCUT2D eigenvalue weighted by molar-refractivity contribution is -0.138. The van der Waals surface area contributed by atoms with Crippen LogP contribution >= 0.6 is 0 Å². The summed E-state index contributed by atoms with van der Waals surface area (Å²) in [6.07, 6.45) is -1.51. The van der Waals surface area contributed by atoms with Crippen LogP contribution in [0.3, 0.4) is 0 Å². The van der Waals surface area contributed by atoms with Gasteiger partial charge in [0.2, 0.25) is 11.8 Å². The van der Waals surface area contributed by atoms with E-state index in [2.05, 4.69) is 15.6 Å². The zero-order valence-electron chi connectivity index (χ0n) is 10.3. The third kappa shape index (κ3) is 4.52. The second-order valence-electron chi connectivity index (χ2n) is 4.46. The van der Waals surface area contributed by atoms with Crippen molar-refractivity contribution in [3.63, 3.8) is 0 Å². The van der Waals surface area contributed by atoms with E-state index in [4.69, 9.17) is 0 Å². The molecule has 1 fully saturated rings.